The Balaban J connectivity index is 2.22. The minimum atomic E-state index is -3.16. The van der Waals surface area contributed by atoms with Gasteiger partial charge in [0.25, 0.3) is 0 Å². The van der Waals surface area contributed by atoms with Crippen molar-refractivity contribution in [1.82, 2.24) is 0 Å². The molecule has 1 N–H and O–H groups in total. The molecule has 1 aliphatic rings. The highest BCUT2D eigenvalue weighted by Gasteiger charge is 2.31. The molecule has 1 aromatic rings. The number of rotatable bonds is 4. The first-order chi connectivity index (χ1) is 8.84. The summed E-state index contributed by atoms with van der Waals surface area (Å²) in [4.78, 5) is 0.433. The van der Waals surface area contributed by atoms with Crippen LogP contribution < -0.4 is 5.32 Å². The van der Waals surface area contributed by atoms with E-state index in [9.17, 15) is 8.42 Å². The summed E-state index contributed by atoms with van der Waals surface area (Å²) in [7, 11) is -3.16. The van der Waals surface area contributed by atoms with Gasteiger partial charge in [-0.3, -0.25) is 0 Å². The Bertz CT molecular complexity index is 549. The molecule has 0 spiro atoms. The SMILES string of the molecule is CCS(=O)(=O)c1ccccc1NC1CCC(C)(C)C1. The average molecular weight is 281 g/mol. The minimum absolute atomic E-state index is 0.141. The highest BCUT2D eigenvalue weighted by Crippen LogP contribution is 2.38. The van der Waals surface area contributed by atoms with E-state index < -0.39 is 9.84 Å². The number of para-hydroxylation sites is 1. The molecule has 19 heavy (non-hydrogen) atoms. The third-order valence-electron chi connectivity index (χ3n) is 3.93. The van der Waals surface area contributed by atoms with Crippen molar-refractivity contribution >= 4 is 15.5 Å². The first-order valence-electron chi connectivity index (χ1n) is 6.92. The molecule has 1 aliphatic carbocycles. The minimum Gasteiger partial charge on any atom is -0.381 e. The Morgan fingerprint density at radius 2 is 2.00 bits per heavy atom. The fraction of sp³-hybridized carbons (Fsp3) is 0.600. The number of nitrogens with one attached hydrogen (secondary N) is 1. The summed E-state index contributed by atoms with van der Waals surface area (Å²) in [5.74, 6) is 0.141. The lowest BCUT2D eigenvalue weighted by Gasteiger charge is -2.20. The van der Waals surface area contributed by atoms with Crippen LogP contribution in [0.2, 0.25) is 0 Å². The van der Waals surface area contributed by atoms with Crippen molar-refractivity contribution < 1.29 is 8.42 Å². The predicted octanol–water partition coefficient (Wildman–Crippen LogP) is 3.47. The fourth-order valence-corrected chi connectivity index (χ4v) is 3.85. The normalized spacial score (nSPS) is 22.4. The van der Waals surface area contributed by atoms with E-state index in [1.807, 2.05) is 12.1 Å². The Labute approximate surface area is 116 Å². The van der Waals surface area contributed by atoms with Gasteiger partial charge in [0.05, 0.1) is 16.3 Å². The second-order valence-electron chi connectivity index (χ2n) is 6.15. The highest BCUT2D eigenvalue weighted by atomic mass is 32.2. The third kappa shape index (κ3) is 3.30. The third-order valence-corrected chi connectivity index (χ3v) is 5.72. The van der Waals surface area contributed by atoms with Crippen molar-refractivity contribution in [3.8, 4) is 0 Å². The van der Waals surface area contributed by atoms with Crippen LogP contribution in [-0.4, -0.2) is 20.2 Å². The van der Waals surface area contributed by atoms with Crippen LogP contribution in [0.1, 0.15) is 40.0 Å². The zero-order chi connectivity index (χ0) is 14.1. The molecule has 0 radical (unpaired) electrons. The number of hydrogen-bond acceptors (Lipinski definition) is 3. The number of hydrogen-bond donors (Lipinski definition) is 1. The van der Waals surface area contributed by atoms with Crippen molar-refractivity contribution in [3.05, 3.63) is 24.3 Å². The molecule has 3 nitrogen and oxygen atoms in total. The number of anilines is 1. The van der Waals surface area contributed by atoms with Crippen LogP contribution in [0.3, 0.4) is 0 Å². The van der Waals surface area contributed by atoms with Gasteiger partial charge in [0.15, 0.2) is 9.84 Å². The lowest BCUT2D eigenvalue weighted by atomic mass is 9.92. The molecule has 0 amide bonds. The summed E-state index contributed by atoms with van der Waals surface area (Å²) < 4.78 is 24.2. The standard InChI is InChI=1S/C15H23NO2S/c1-4-19(17,18)14-8-6-5-7-13(14)16-12-9-10-15(2,3)11-12/h5-8,12,16H,4,9-11H2,1-3H3. The Kier molecular flexibility index (Phi) is 3.90. The lowest BCUT2D eigenvalue weighted by molar-refractivity contribution is 0.378. The van der Waals surface area contributed by atoms with Gasteiger partial charge in [0.1, 0.15) is 0 Å². The Hall–Kier alpha value is -1.03. The molecule has 0 bridgehead atoms. The molecule has 0 heterocycles. The summed E-state index contributed by atoms with van der Waals surface area (Å²) in [6.07, 6.45) is 3.38. The summed E-state index contributed by atoms with van der Waals surface area (Å²) in [5.41, 5.74) is 1.11. The van der Waals surface area contributed by atoms with E-state index in [0.717, 1.165) is 18.5 Å². The fourth-order valence-electron chi connectivity index (χ4n) is 2.79. The van der Waals surface area contributed by atoms with E-state index in [4.69, 9.17) is 0 Å². The van der Waals surface area contributed by atoms with Crippen LogP contribution in [0, 0.1) is 5.41 Å². The monoisotopic (exact) mass is 281 g/mol. The largest absolute Gasteiger partial charge is 0.381 e. The molecule has 2 rings (SSSR count). The van der Waals surface area contributed by atoms with Gasteiger partial charge in [-0.1, -0.05) is 32.9 Å². The molecule has 106 valence electrons. The van der Waals surface area contributed by atoms with Crippen LogP contribution >= 0.6 is 0 Å². The van der Waals surface area contributed by atoms with Crippen LogP contribution in [-0.2, 0) is 9.84 Å². The van der Waals surface area contributed by atoms with E-state index in [-0.39, 0.29) is 5.75 Å². The molecule has 1 unspecified atom stereocenters. The van der Waals surface area contributed by atoms with Crippen LogP contribution in [0.5, 0.6) is 0 Å². The molecule has 1 atom stereocenters. The van der Waals surface area contributed by atoms with Gasteiger partial charge in [-0.15, -0.1) is 0 Å². The molecule has 1 aromatic carbocycles. The molecule has 1 fully saturated rings. The number of sulfone groups is 1. The molecule has 0 saturated heterocycles. The molecule has 1 saturated carbocycles. The van der Waals surface area contributed by atoms with Crippen LogP contribution in [0.15, 0.2) is 29.2 Å². The van der Waals surface area contributed by atoms with E-state index in [2.05, 4.69) is 19.2 Å². The van der Waals surface area contributed by atoms with Crippen molar-refractivity contribution in [2.45, 2.75) is 51.0 Å². The lowest BCUT2D eigenvalue weighted by Crippen LogP contribution is -2.19. The van der Waals surface area contributed by atoms with E-state index in [0.29, 0.717) is 16.4 Å². The molecule has 4 heteroatoms. The van der Waals surface area contributed by atoms with Gasteiger partial charge in [0, 0.05) is 6.04 Å². The zero-order valence-electron chi connectivity index (χ0n) is 11.9. The Morgan fingerprint density at radius 1 is 1.32 bits per heavy atom. The second kappa shape index (κ2) is 5.16. The smallest absolute Gasteiger partial charge is 0.180 e. The maximum Gasteiger partial charge on any atom is 0.180 e. The number of benzene rings is 1. The van der Waals surface area contributed by atoms with E-state index >= 15 is 0 Å². The summed E-state index contributed by atoms with van der Waals surface area (Å²) in [6, 6.07) is 7.61. The maximum atomic E-state index is 12.1. The van der Waals surface area contributed by atoms with E-state index in [1.54, 1.807) is 19.1 Å². The summed E-state index contributed by atoms with van der Waals surface area (Å²) >= 11 is 0. The van der Waals surface area contributed by atoms with E-state index in [1.165, 1.54) is 6.42 Å². The first-order valence-corrected chi connectivity index (χ1v) is 8.58. The molecular formula is C15H23NO2S. The van der Waals surface area contributed by atoms with Crippen molar-refractivity contribution in [1.29, 1.82) is 0 Å². The molecular weight excluding hydrogens is 258 g/mol. The van der Waals surface area contributed by atoms with Gasteiger partial charge in [-0.25, -0.2) is 8.42 Å². The van der Waals surface area contributed by atoms with Crippen molar-refractivity contribution in [3.63, 3.8) is 0 Å². The zero-order valence-corrected chi connectivity index (χ0v) is 12.8. The van der Waals surface area contributed by atoms with Crippen molar-refractivity contribution in [2.24, 2.45) is 5.41 Å². The van der Waals surface area contributed by atoms with Gasteiger partial charge < -0.3 is 5.32 Å². The van der Waals surface area contributed by atoms with Gasteiger partial charge >= 0.3 is 0 Å². The Morgan fingerprint density at radius 3 is 2.58 bits per heavy atom. The second-order valence-corrected chi connectivity index (χ2v) is 8.39. The van der Waals surface area contributed by atoms with Crippen LogP contribution in [0.4, 0.5) is 5.69 Å². The van der Waals surface area contributed by atoms with Gasteiger partial charge in [0.2, 0.25) is 0 Å². The van der Waals surface area contributed by atoms with Gasteiger partial charge in [-0.05, 0) is 36.8 Å². The summed E-state index contributed by atoms with van der Waals surface area (Å²) in [5, 5.41) is 3.43. The first kappa shape index (κ1) is 14.4. The van der Waals surface area contributed by atoms with Crippen molar-refractivity contribution in [2.75, 3.05) is 11.1 Å². The maximum absolute atomic E-state index is 12.1. The quantitative estimate of drug-likeness (QED) is 0.919. The van der Waals surface area contributed by atoms with Gasteiger partial charge in [-0.2, -0.15) is 0 Å². The predicted molar refractivity (Wildman–Crippen MR) is 79.2 cm³/mol. The molecule has 0 aliphatic heterocycles. The molecule has 0 aromatic heterocycles. The topological polar surface area (TPSA) is 46.2 Å². The summed E-state index contributed by atoms with van der Waals surface area (Å²) in [6.45, 7) is 6.22. The average Bonchev–Trinajstić information content (AvgIpc) is 2.69. The highest BCUT2D eigenvalue weighted by molar-refractivity contribution is 7.91. The van der Waals surface area contributed by atoms with Crippen LogP contribution in [0.25, 0.3) is 0 Å².